The van der Waals surface area contributed by atoms with E-state index < -0.39 is 0 Å². The number of thiazole rings is 1. The average Bonchev–Trinajstić information content (AvgIpc) is 3.42. The van der Waals surface area contributed by atoms with Crippen molar-refractivity contribution in [3.8, 4) is 22.1 Å². The fraction of sp³-hybridized carbons (Fsp3) is 0.458. The van der Waals surface area contributed by atoms with E-state index in [0.717, 1.165) is 53.1 Å². The fourth-order valence-corrected chi connectivity index (χ4v) is 6.05. The van der Waals surface area contributed by atoms with E-state index in [9.17, 15) is 0 Å². The Bertz CT molecular complexity index is 1080. The normalized spacial score (nSPS) is 15.0. The van der Waals surface area contributed by atoms with Gasteiger partial charge in [-0.05, 0) is 64.9 Å². The van der Waals surface area contributed by atoms with Gasteiger partial charge in [0.1, 0.15) is 17.4 Å². The van der Waals surface area contributed by atoms with Crippen LogP contribution in [0.4, 0.5) is 5.82 Å². The first-order chi connectivity index (χ1) is 15.9. The highest BCUT2D eigenvalue weighted by molar-refractivity contribution is 7.99. The second-order valence-corrected chi connectivity index (χ2v) is 10.7. The van der Waals surface area contributed by atoms with Crippen LogP contribution in [0.25, 0.3) is 10.6 Å². The molecule has 33 heavy (non-hydrogen) atoms. The highest BCUT2D eigenvalue weighted by atomic mass is 32.2. The Morgan fingerprint density at radius 1 is 1.12 bits per heavy atom. The van der Waals surface area contributed by atoms with Gasteiger partial charge in [-0.25, -0.2) is 15.0 Å². The number of aryl methyl sites for hydroxylation is 2. The van der Waals surface area contributed by atoms with Crippen LogP contribution in [-0.2, 0) is 0 Å². The highest BCUT2D eigenvalue weighted by Gasteiger charge is 2.19. The Morgan fingerprint density at radius 3 is 2.64 bits per heavy atom. The summed E-state index contributed by atoms with van der Waals surface area (Å²) in [7, 11) is 1.67. The molecule has 1 atom stereocenters. The van der Waals surface area contributed by atoms with Gasteiger partial charge < -0.3 is 15.2 Å². The van der Waals surface area contributed by atoms with Gasteiger partial charge in [0.15, 0.2) is 16.7 Å². The Kier molecular flexibility index (Phi) is 7.72. The van der Waals surface area contributed by atoms with E-state index in [1.807, 2.05) is 25.1 Å². The van der Waals surface area contributed by atoms with Crippen LogP contribution in [0.5, 0.6) is 11.5 Å². The fourth-order valence-electron chi connectivity index (χ4n) is 3.95. The average molecular weight is 486 g/mol. The van der Waals surface area contributed by atoms with Gasteiger partial charge in [0.05, 0.1) is 18.1 Å². The number of benzene rings is 1. The number of likely N-dealkylation sites (tertiary alicyclic amines) is 1. The highest BCUT2D eigenvalue weighted by Crippen LogP contribution is 2.40. The number of anilines is 1. The van der Waals surface area contributed by atoms with Crippen LogP contribution in [0.2, 0.25) is 0 Å². The molecular formula is C24H31N5O2S2. The van der Waals surface area contributed by atoms with E-state index in [2.05, 4.69) is 28.7 Å². The number of nitrogens with zero attached hydrogens (tertiary/aromatic N) is 4. The van der Waals surface area contributed by atoms with Crippen LogP contribution in [0.1, 0.15) is 41.3 Å². The molecule has 7 nitrogen and oxygen atoms in total. The van der Waals surface area contributed by atoms with E-state index in [4.69, 9.17) is 20.2 Å². The molecule has 3 heterocycles. The third-order valence-electron chi connectivity index (χ3n) is 5.63. The van der Waals surface area contributed by atoms with Crippen LogP contribution >= 0.6 is 23.1 Å². The van der Waals surface area contributed by atoms with Gasteiger partial charge in [-0.15, -0.1) is 11.3 Å². The molecule has 0 radical (unpaired) electrons. The number of aromatic nitrogens is 3. The van der Waals surface area contributed by atoms with Crippen molar-refractivity contribution in [1.82, 2.24) is 19.9 Å². The molecule has 4 rings (SSSR count). The first kappa shape index (κ1) is 23.8. The van der Waals surface area contributed by atoms with Crippen molar-refractivity contribution in [2.45, 2.75) is 44.0 Å². The van der Waals surface area contributed by atoms with Gasteiger partial charge in [0.2, 0.25) is 0 Å². The molecule has 1 aliphatic rings. The summed E-state index contributed by atoms with van der Waals surface area (Å²) in [5, 5.41) is 1.74. The summed E-state index contributed by atoms with van der Waals surface area (Å²) in [6.07, 6.45) is 2.56. The smallest absolute Gasteiger partial charge is 0.190 e. The van der Waals surface area contributed by atoms with Crippen LogP contribution in [-0.4, -0.2) is 53.2 Å². The lowest BCUT2D eigenvalue weighted by Gasteiger charge is -2.16. The molecule has 3 aromatic rings. The minimum Gasteiger partial charge on any atom is -0.493 e. The molecule has 1 aromatic carbocycles. The number of rotatable bonds is 9. The van der Waals surface area contributed by atoms with Crippen LogP contribution in [0.15, 0.2) is 29.4 Å². The Morgan fingerprint density at radius 2 is 1.91 bits per heavy atom. The summed E-state index contributed by atoms with van der Waals surface area (Å²) in [4.78, 5) is 17.4. The predicted octanol–water partition coefficient (Wildman–Crippen LogP) is 5.14. The topological polar surface area (TPSA) is 86.4 Å². The molecule has 0 aliphatic carbocycles. The molecular weight excluding hydrogens is 454 g/mol. The first-order valence-electron chi connectivity index (χ1n) is 11.2. The van der Waals surface area contributed by atoms with Crippen LogP contribution in [0.3, 0.4) is 0 Å². The lowest BCUT2D eigenvalue weighted by molar-refractivity contribution is 0.230. The second kappa shape index (κ2) is 10.7. The maximum atomic E-state index is 6.12. The van der Waals surface area contributed by atoms with E-state index in [0.29, 0.717) is 17.6 Å². The zero-order valence-corrected chi connectivity index (χ0v) is 21.3. The molecule has 2 aromatic heterocycles. The second-order valence-electron chi connectivity index (χ2n) is 8.20. The molecule has 1 fully saturated rings. The molecule has 0 bridgehead atoms. The number of hydrogen-bond donors (Lipinski definition) is 1. The summed E-state index contributed by atoms with van der Waals surface area (Å²) < 4.78 is 11.6. The number of nitrogen functional groups attached to an aromatic ring is 1. The van der Waals surface area contributed by atoms with Gasteiger partial charge in [-0.2, -0.15) is 0 Å². The van der Waals surface area contributed by atoms with E-state index in [1.54, 1.807) is 36.3 Å². The molecule has 1 saturated heterocycles. The number of methoxy groups -OCH3 is 1. The van der Waals surface area contributed by atoms with Crippen molar-refractivity contribution in [2.75, 3.05) is 39.1 Å². The number of ether oxygens (including phenoxy) is 2. The number of thioether (sulfide) groups is 1. The van der Waals surface area contributed by atoms with E-state index >= 15 is 0 Å². The maximum absolute atomic E-state index is 6.12. The Hall–Kier alpha value is -2.36. The Labute approximate surface area is 203 Å². The third-order valence-corrected chi connectivity index (χ3v) is 7.63. The van der Waals surface area contributed by atoms with E-state index in [1.165, 1.54) is 17.7 Å². The Balaban J connectivity index is 1.49. The first-order valence-corrected chi connectivity index (χ1v) is 12.9. The molecule has 1 unspecified atom stereocenters. The lowest BCUT2D eigenvalue weighted by Crippen LogP contribution is -2.25. The van der Waals surface area contributed by atoms with Gasteiger partial charge in [-0.1, -0.05) is 11.8 Å². The standard InChI is InChI=1S/C24H31N5O2S2/c1-15-13-21(25)27-24(26-15)33-17(3)22-16(2)32-23(28-22)18-7-8-19(30-4)20(14-18)31-12-11-29-9-5-6-10-29/h7-8,13-14,17H,5-6,9-12H2,1-4H3,(H2,25,26,27). The van der Waals surface area contributed by atoms with Crippen LogP contribution in [0, 0.1) is 13.8 Å². The molecule has 176 valence electrons. The SMILES string of the molecule is COc1ccc(-c2nc(C(C)Sc3nc(C)cc(N)n3)c(C)s2)cc1OCCN1CCCC1. The molecule has 0 spiro atoms. The number of nitrogens with two attached hydrogens (primary N) is 1. The minimum atomic E-state index is 0.102. The zero-order chi connectivity index (χ0) is 23.4. The lowest BCUT2D eigenvalue weighted by atomic mass is 10.2. The van der Waals surface area contributed by atoms with Gasteiger partial charge in [-0.3, -0.25) is 4.90 Å². The molecule has 9 heteroatoms. The van der Waals surface area contributed by atoms with Crippen LogP contribution < -0.4 is 15.2 Å². The minimum absolute atomic E-state index is 0.102. The summed E-state index contributed by atoms with van der Waals surface area (Å²) in [5.41, 5.74) is 8.82. The monoisotopic (exact) mass is 485 g/mol. The molecule has 1 aliphatic heterocycles. The maximum Gasteiger partial charge on any atom is 0.190 e. The van der Waals surface area contributed by atoms with Crippen molar-refractivity contribution in [3.05, 3.63) is 40.5 Å². The summed E-state index contributed by atoms with van der Waals surface area (Å²) in [6, 6.07) is 7.80. The number of hydrogen-bond acceptors (Lipinski definition) is 9. The summed E-state index contributed by atoms with van der Waals surface area (Å²) >= 11 is 3.26. The van der Waals surface area contributed by atoms with Crippen molar-refractivity contribution >= 4 is 28.9 Å². The van der Waals surface area contributed by atoms with E-state index in [-0.39, 0.29) is 5.25 Å². The van der Waals surface area contributed by atoms with Gasteiger partial charge >= 0.3 is 0 Å². The molecule has 0 saturated carbocycles. The summed E-state index contributed by atoms with van der Waals surface area (Å²) in [6.45, 7) is 10.1. The molecule has 2 N–H and O–H groups in total. The zero-order valence-electron chi connectivity index (χ0n) is 19.6. The third kappa shape index (κ3) is 5.96. The van der Waals surface area contributed by atoms with Gasteiger partial charge in [0, 0.05) is 28.7 Å². The van der Waals surface area contributed by atoms with Crippen molar-refractivity contribution in [2.24, 2.45) is 0 Å². The summed E-state index contributed by atoms with van der Waals surface area (Å²) in [5.74, 6) is 1.99. The predicted molar refractivity (Wildman–Crippen MR) is 135 cm³/mol. The van der Waals surface area contributed by atoms with Crippen molar-refractivity contribution < 1.29 is 9.47 Å². The molecule has 0 amide bonds. The van der Waals surface area contributed by atoms with Gasteiger partial charge in [0.25, 0.3) is 0 Å². The largest absolute Gasteiger partial charge is 0.493 e. The van der Waals surface area contributed by atoms with Crippen molar-refractivity contribution in [3.63, 3.8) is 0 Å². The quantitative estimate of drug-likeness (QED) is 0.329. The van der Waals surface area contributed by atoms with Crippen molar-refractivity contribution in [1.29, 1.82) is 0 Å².